The highest BCUT2D eigenvalue weighted by Crippen LogP contribution is 2.43. The Kier molecular flexibility index (Phi) is 3.00. The zero-order valence-electron chi connectivity index (χ0n) is 11.0. The standard InChI is InChI=1S/C15H15ClN2O2/c16-10-3-1-2-9(6-10)7-14-17-15(20-18-14)12-8-11-4-5-13(12)19-11/h1-3,6,11-13H,4-5,7-8H2. The summed E-state index contributed by atoms with van der Waals surface area (Å²) in [5, 5.41) is 4.81. The molecule has 2 aromatic rings. The van der Waals surface area contributed by atoms with Crippen molar-refractivity contribution in [2.45, 2.75) is 43.8 Å². The molecule has 4 nitrogen and oxygen atoms in total. The van der Waals surface area contributed by atoms with Crippen LogP contribution >= 0.6 is 11.6 Å². The van der Waals surface area contributed by atoms with E-state index in [1.807, 2.05) is 24.3 Å². The molecule has 1 aromatic heterocycles. The molecule has 3 atom stereocenters. The van der Waals surface area contributed by atoms with E-state index in [1.54, 1.807) is 0 Å². The van der Waals surface area contributed by atoms with Gasteiger partial charge in [-0.15, -0.1) is 0 Å². The van der Waals surface area contributed by atoms with Gasteiger partial charge in [0.15, 0.2) is 5.82 Å². The van der Waals surface area contributed by atoms with Gasteiger partial charge in [-0.2, -0.15) is 4.98 Å². The minimum absolute atomic E-state index is 0.277. The first-order valence-corrected chi connectivity index (χ1v) is 7.38. The third-order valence-electron chi connectivity index (χ3n) is 4.16. The van der Waals surface area contributed by atoms with Crippen LogP contribution in [0.2, 0.25) is 5.02 Å². The van der Waals surface area contributed by atoms with Crippen molar-refractivity contribution in [2.75, 3.05) is 0 Å². The molecular formula is C15H15ClN2O2. The Balaban J connectivity index is 1.51. The predicted octanol–water partition coefficient (Wildman–Crippen LogP) is 3.35. The van der Waals surface area contributed by atoms with Gasteiger partial charge in [0.25, 0.3) is 0 Å². The van der Waals surface area contributed by atoms with Gasteiger partial charge < -0.3 is 9.26 Å². The third kappa shape index (κ3) is 2.23. The van der Waals surface area contributed by atoms with Crippen LogP contribution in [0.3, 0.4) is 0 Å². The lowest BCUT2D eigenvalue weighted by Crippen LogP contribution is -2.14. The third-order valence-corrected chi connectivity index (χ3v) is 4.39. The molecule has 0 saturated carbocycles. The van der Waals surface area contributed by atoms with Crippen LogP contribution < -0.4 is 0 Å². The van der Waals surface area contributed by atoms with Crippen LogP contribution in [0, 0.1) is 0 Å². The summed E-state index contributed by atoms with van der Waals surface area (Å²) in [7, 11) is 0. The molecular weight excluding hydrogens is 276 g/mol. The summed E-state index contributed by atoms with van der Waals surface area (Å²) in [6.07, 6.45) is 4.62. The van der Waals surface area contributed by atoms with Gasteiger partial charge in [-0.1, -0.05) is 28.9 Å². The molecule has 4 rings (SSSR count). The molecule has 1 aromatic carbocycles. The Hall–Kier alpha value is -1.39. The summed E-state index contributed by atoms with van der Waals surface area (Å²) in [5.41, 5.74) is 1.09. The fourth-order valence-electron chi connectivity index (χ4n) is 3.22. The summed E-state index contributed by atoms with van der Waals surface area (Å²) in [6, 6.07) is 7.74. The Bertz CT molecular complexity index is 628. The minimum atomic E-state index is 0.277. The van der Waals surface area contributed by atoms with Crippen molar-refractivity contribution in [2.24, 2.45) is 0 Å². The molecule has 3 unspecified atom stereocenters. The van der Waals surface area contributed by atoms with Gasteiger partial charge in [0.1, 0.15) is 0 Å². The van der Waals surface area contributed by atoms with Crippen LogP contribution in [-0.4, -0.2) is 22.3 Å². The molecule has 0 amide bonds. The van der Waals surface area contributed by atoms with Gasteiger partial charge >= 0.3 is 0 Å². The average molecular weight is 291 g/mol. The van der Waals surface area contributed by atoms with E-state index >= 15 is 0 Å². The number of nitrogens with zero attached hydrogens (tertiary/aromatic N) is 2. The molecule has 0 aliphatic carbocycles. The van der Waals surface area contributed by atoms with E-state index in [2.05, 4.69) is 10.1 Å². The summed E-state index contributed by atoms with van der Waals surface area (Å²) >= 11 is 5.98. The van der Waals surface area contributed by atoms with E-state index in [0.717, 1.165) is 29.3 Å². The van der Waals surface area contributed by atoms with Crippen LogP contribution in [0.5, 0.6) is 0 Å². The second-order valence-corrected chi connectivity index (χ2v) is 6.01. The summed E-state index contributed by atoms with van der Waals surface area (Å²) in [5.74, 6) is 1.73. The molecule has 2 saturated heterocycles. The largest absolute Gasteiger partial charge is 0.374 e. The van der Waals surface area contributed by atoms with Gasteiger partial charge in [-0.3, -0.25) is 0 Å². The molecule has 20 heavy (non-hydrogen) atoms. The van der Waals surface area contributed by atoms with Gasteiger partial charge in [-0.05, 0) is 37.0 Å². The molecule has 0 spiro atoms. The number of rotatable bonds is 3. The molecule has 2 bridgehead atoms. The Morgan fingerprint density at radius 1 is 1.30 bits per heavy atom. The van der Waals surface area contributed by atoms with Gasteiger partial charge in [0.2, 0.25) is 5.89 Å². The first-order chi connectivity index (χ1) is 9.78. The predicted molar refractivity (Wildman–Crippen MR) is 73.8 cm³/mol. The maximum absolute atomic E-state index is 5.98. The van der Waals surface area contributed by atoms with Crippen LogP contribution in [-0.2, 0) is 11.2 Å². The highest BCUT2D eigenvalue weighted by atomic mass is 35.5. The number of benzene rings is 1. The van der Waals surface area contributed by atoms with Gasteiger partial charge in [-0.25, -0.2) is 0 Å². The molecule has 5 heteroatoms. The van der Waals surface area contributed by atoms with E-state index < -0.39 is 0 Å². The summed E-state index contributed by atoms with van der Waals surface area (Å²) in [4.78, 5) is 4.54. The zero-order chi connectivity index (χ0) is 13.5. The smallest absolute Gasteiger partial charge is 0.232 e. The van der Waals surface area contributed by atoms with E-state index in [-0.39, 0.29) is 12.0 Å². The first-order valence-electron chi connectivity index (χ1n) is 7.00. The van der Waals surface area contributed by atoms with Crippen molar-refractivity contribution in [1.82, 2.24) is 10.1 Å². The maximum Gasteiger partial charge on any atom is 0.232 e. The Morgan fingerprint density at radius 2 is 2.25 bits per heavy atom. The lowest BCUT2D eigenvalue weighted by Gasteiger charge is -2.13. The van der Waals surface area contributed by atoms with Crippen LogP contribution in [0.4, 0.5) is 0 Å². The van der Waals surface area contributed by atoms with Crippen LogP contribution in [0.1, 0.15) is 42.5 Å². The minimum Gasteiger partial charge on any atom is -0.374 e. The number of hydrogen-bond donors (Lipinski definition) is 0. The topological polar surface area (TPSA) is 48.2 Å². The lowest BCUT2D eigenvalue weighted by atomic mass is 9.89. The average Bonchev–Trinajstić information content (AvgIpc) is 3.13. The maximum atomic E-state index is 5.98. The van der Waals surface area contributed by atoms with Crippen molar-refractivity contribution in [3.05, 3.63) is 46.6 Å². The molecule has 104 valence electrons. The number of halogens is 1. The number of aromatic nitrogens is 2. The van der Waals surface area contributed by atoms with Crippen molar-refractivity contribution in [3.8, 4) is 0 Å². The van der Waals surface area contributed by atoms with E-state index in [9.17, 15) is 0 Å². The van der Waals surface area contributed by atoms with E-state index in [1.165, 1.54) is 6.42 Å². The summed E-state index contributed by atoms with van der Waals surface area (Å²) in [6.45, 7) is 0. The molecule has 2 aliphatic rings. The molecule has 0 N–H and O–H groups in total. The molecule has 0 radical (unpaired) electrons. The second kappa shape index (κ2) is 4.86. The quantitative estimate of drug-likeness (QED) is 0.870. The lowest BCUT2D eigenvalue weighted by molar-refractivity contribution is 0.0974. The fourth-order valence-corrected chi connectivity index (χ4v) is 3.43. The monoisotopic (exact) mass is 290 g/mol. The SMILES string of the molecule is Clc1cccc(Cc2noc(C3CC4CCC3O4)n2)c1. The van der Waals surface area contributed by atoms with Crippen molar-refractivity contribution < 1.29 is 9.26 Å². The van der Waals surface area contributed by atoms with Gasteiger partial charge in [0.05, 0.1) is 18.1 Å². The molecule has 3 heterocycles. The number of ether oxygens (including phenoxy) is 1. The van der Waals surface area contributed by atoms with Crippen molar-refractivity contribution in [3.63, 3.8) is 0 Å². The van der Waals surface area contributed by atoms with Crippen molar-refractivity contribution >= 4 is 11.6 Å². The first kappa shape index (κ1) is 12.4. The Morgan fingerprint density at radius 3 is 3.00 bits per heavy atom. The normalized spacial score (nSPS) is 28.1. The second-order valence-electron chi connectivity index (χ2n) is 5.57. The van der Waals surface area contributed by atoms with Crippen LogP contribution in [0.25, 0.3) is 0 Å². The number of hydrogen-bond acceptors (Lipinski definition) is 4. The highest BCUT2D eigenvalue weighted by molar-refractivity contribution is 6.30. The molecule has 2 fully saturated rings. The molecule has 2 aliphatic heterocycles. The highest BCUT2D eigenvalue weighted by Gasteiger charge is 2.44. The number of fused-ring (bicyclic) bond motifs is 2. The van der Waals surface area contributed by atoms with E-state index in [4.69, 9.17) is 20.9 Å². The Labute approximate surface area is 122 Å². The zero-order valence-corrected chi connectivity index (χ0v) is 11.7. The fraction of sp³-hybridized carbons (Fsp3) is 0.467. The van der Waals surface area contributed by atoms with E-state index in [0.29, 0.717) is 18.3 Å². The summed E-state index contributed by atoms with van der Waals surface area (Å²) < 4.78 is 11.3. The van der Waals surface area contributed by atoms with Crippen LogP contribution in [0.15, 0.2) is 28.8 Å². The van der Waals surface area contributed by atoms with Crippen molar-refractivity contribution in [1.29, 1.82) is 0 Å². The van der Waals surface area contributed by atoms with Gasteiger partial charge in [0, 0.05) is 11.4 Å².